The summed E-state index contributed by atoms with van der Waals surface area (Å²) >= 11 is 0. The normalized spacial score (nSPS) is 10.1. The lowest BCUT2D eigenvalue weighted by atomic mass is 10.1. The summed E-state index contributed by atoms with van der Waals surface area (Å²) in [4.78, 5) is 21.0. The first kappa shape index (κ1) is 9.20. The van der Waals surface area contributed by atoms with Crippen molar-refractivity contribution >= 4 is 5.69 Å². The van der Waals surface area contributed by atoms with Gasteiger partial charge in [-0.3, -0.25) is 14.9 Å². The summed E-state index contributed by atoms with van der Waals surface area (Å²) in [5, 5.41) is 12.8. The molecule has 0 fully saturated rings. The zero-order valence-electron chi connectivity index (χ0n) is 7.47. The van der Waals surface area contributed by atoms with Gasteiger partial charge in [-0.1, -0.05) is 12.1 Å². The predicted octanol–water partition coefficient (Wildman–Crippen LogP) is 1.54. The van der Waals surface area contributed by atoms with Crippen LogP contribution < -0.4 is 5.56 Å². The first-order chi connectivity index (χ1) is 7.18. The molecule has 0 atom stereocenters. The Morgan fingerprint density at radius 3 is 2.67 bits per heavy atom. The Bertz CT molecular complexity index is 555. The van der Waals surface area contributed by atoms with Gasteiger partial charge >= 0.3 is 0 Å². The zero-order chi connectivity index (χ0) is 10.8. The third-order valence-corrected chi connectivity index (χ3v) is 1.89. The summed E-state index contributed by atoms with van der Waals surface area (Å²) in [6.45, 7) is 0. The number of hydrogen-bond donors (Lipinski definition) is 1. The topological polar surface area (TPSA) is 89.1 Å². The fourth-order valence-electron chi connectivity index (χ4n) is 1.26. The van der Waals surface area contributed by atoms with Crippen molar-refractivity contribution in [2.24, 2.45) is 0 Å². The number of nitrogens with zero attached hydrogens (tertiary/aromatic N) is 1. The molecule has 6 nitrogen and oxygen atoms in total. The largest absolute Gasteiger partial charge is 0.378 e. The molecular formula is C9H6N2O4. The Balaban J connectivity index is 2.62. The van der Waals surface area contributed by atoms with Gasteiger partial charge in [0.2, 0.25) is 0 Å². The van der Waals surface area contributed by atoms with E-state index in [1.165, 1.54) is 18.2 Å². The van der Waals surface area contributed by atoms with E-state index < -0.39 is 10.5 Å². The SMILES string of the molecule is O=c1cc(-c2ccccc2[N+](=O)[O-])o[nH]1. The molecule has 0 aliphatic heterocycles. The molecule has 2 rings (SSSR count). The summed E-state index contributed by atoms with van der Waals surface area (Å²) in [6.07, 6.45) is 0. The quantitative estimate of drug-likeness (QED) is 0.596. The standard InChI is InChI=1S/C9H6N2O4/c12-9-5-8(15-10-9)6-3-1-2-4-7(6)11(13)14/h1-5H,(H,10,12). The molecule has 0 aliphatic carbocycles. The van der Waals surface area contributed by atoms with Crippen LogP contribution in [0.4, 0.5) is 5.69 Å². The minimum absolute atomic E-state index is 0.0970. The maximum atomic E-state index is 10.8. The van der Waals surface area contributed by atoms with Crippen LogP contribution in [0.5, 0.6) is 0 Å². The van der Waals surface area contributed by atoms with Gasteiger partial charge in [-0.25, -0.2) is 0 Å². The predicted molar refractivity (Wildman–Crippen MR) is 51.4 cm³/mol. The van der Waals surface area contributed by atoms with Gasteiger partial charge in [-0.15, -0.1) is 0 Å². The van der Waals surface area contributed by atoms with Crippen LogP contribution in [0.3, 0.4) is 0 Å². The molecule has 0 saturated carbocycles. The molecule has 2 aromatic rings. The van der Waals surface area contributed by atoms with Crippen molar-refractivity contribution in [3.63, 3.8) is 0 Å². The number of benzene rings is 1. The smallest absolute Gasteiger partial charge is 0.280 e. The third kappa shape index (κ3) is 1.64. The summed E-state index contributed by atoms with van der Waals surface area (Å²) in [7, 11) is 0. The monoisotopic (exact) mass is 206 g/mol. The average Bonchev–Trinajstić information content (AvgIpc) is 2.65. The van der Waals surface area contributed by atoms with Crippen LogP contribution in [0.2, 0.25) is 0 Å². The van der Waals surface area contributed by atoms with E-state index in [4.69, 9.17) is 4.52 Å². The number of rotatable bonds is 2. The first-order valence-corrected chi connectivity index (χ1v) is 4.11. The van der Waals surface area contributed by atoms with Gasteiger partial charge in [0.25, 0.3) is 11.2 Å². The van der Waals surface area contributed by atoms with E-state index in [9.17, 15) is 14.9 Å². The lowest BCUT2D eigenvalue weighted by Gasteiger charge is -1.96. The lowest BCUT2D eigenvalue weighted by molar-refractivity contribution is -0.384. The number of aromatic amines is 1. The summed E-state index contributed by atoms with van der Waals surface area (Å²) in [5.41, 5.74) is -0.246. The fourth-order valence-corrected chi connectivity index (χ4v) is 1.26. The van der Waals surface area contributed by atoms with Crippen LogP contribution in [0.15, 0.2) is 39.6 Å². The van der Waals surface area contributed by atoms with Crippen LogP contribution >= 0.6 is 0 Å². The average molecular weight is 206 g/mol. The number of nitro benzene ring substituents is 1. The molecular weight excluding hydrogens is 200 g/mol. The Kier molecular flexibility index (Phi) is 2.09. The number of para-hydroxylation sites is 1. The molecule has 0 unspecified atom stereocenters. The summed E-state index contributed by atoms with van der Waals surface area (Å²) < 4.78 is 4.80. The molecule has 15 heavy (non-hydrogen) atoms. The van der Waals surface area contributed by atoms with Crippen LogP contribution in [0.1, 0.15) is 0 Å². The Morgan fingerprint density at radius 2 is 2.07 bits per heavy atom. The van der Waals surface area contributed by atoms with E-state index in [0.717, 1.165) is 0 Å². The van der Waals surface area contributed by atoms with Gasteiger partial charge in [0.15, 0.2) is 5.76 Å². The molecule has 0 aliphatic rings. The number of aromatic nitrogens is 1. The van der Waals surface area contributed by atoms with Crippen LogP contribution in [0.25, 0.3) is 11.3 Å². The number of hydrogen-bond acceptors (Lipinski definition) is 4. The molecule has 0 spiro atoms. The third-order valence-electron chi connectivity index (χ3n) is 1.89. The Labute approximate surface area is 83.3 Å². The van der Waals surface area contributed by atoms with E-state index in [0.29, 0.717) is 0 Å². The fraction of sp³-hybridized carbons (Fsp3) is 0. The van der Waals surface area contributed by atoms with Gasteiger partial charge < -0.3 is 4.52 Å². The minimum Gasteiger partial charge on any atom is -0.378 e. The van der Waals surface area contributed by atoms with E-state index >= 15 is 0 Å². The van der Waals surface area contributed by atoms with Gasteiger partial charge in [0.1, 0.15) is 0 Å². The molecule has 76 valence electrons. The second-order valence-electron chi connectivity index (χ2n) is 2.85. The summed E-state index contributed by atoms with van der Waals surface area (Å²) in [5.74, 6) is 0.160. The molecule has 1 aromatic heterocycles. The molecule has 6 heteroatoms. The highest BCUT2D eigenvalue weighted by Crippen LogP contribution is 2.27. The van der Waals surface area contributed by atoms with Crippen molar-refractivity contribution in [3.8, 4) is 11.3 Å². The van der Waals surface area contributed by atoms with Gasteiger partial charge in [0.05, 0.1) is 16.6 Å². The maximum absolute atomic E-state index is 10.8. The summed E-state index contributed by atoms with van der Waals surface area (Å²) in [6, 6.07) is 7.22. The molecule has 1 N–H and O–H groups in total. The number of nitrogens with one attached hydrogen (secondary N) is 1. The van der Waals surface area contributed by atoms with Crippen molar-refractivity contribution in [3.05, 3.63) is 50.8 Å². The van der Waals surface area contributed by atoms with Crippen molar-refractivity contribution in [2.75, 3.05) is 0 Å². The molecule has 0 radical (unpaired) electrons. The highest BCUT2D eigenvalue weighted by atomic mass is 16.6. The highest BCUT2D eigenvalue weighted by molar-refractivity contribution is 5.68. The molecule has 1 heterocycles. The second-order valence-corrected chi connectivity index (χ2v) is 2.85. The van der Waals surface area contributed by atoms with E-state index in [1.807, 2.05) is 0 Å². The van der Waals surface area contributed by atoms with Crippen LogP contribution in [-0.2, 0) is 0 Å². The number of nitro groups is 1. The van der Waals surface area contributed by atoms with Gasteiger partial charge in [-0.05, 0) is 6.07 Å². The van der Waals surface area contributed by atoms with Crippen LogP contribution in [0, 0.1) is 10.1 Å². The molecule has 0 saturated heterocycles. The second kappa shape index (κ2) is 3.41. The molecule has 0 amide bonds. The molecule has 1 aromatic carbocycles. The molecule has 0 bridgehead atoms. The van der Waals surface area contributed by atoms with Crippen molar-refractivity contribution in [1.29, 1.82) is 0 Å². The Morgan fingerprint density at radius 1 is 1.33 bits per heavy atom. The van der Waals surface area contributed by atoms with Crippen molar-refractivity contribution < 1.29 is 9.45 Å². The number of H-pyrrole nitrogens is 1. The highest BCUT2D eigenvalue weighted by Gasteiger charge is 2.16. The lowest BCUT2D eigenvalue weighted by Crippen LogP contribution is -1.93. The van der Waals surface area contributed by atoms with Gasteiger partial charge in [-0.2, -0.15) is 5.16 Å². The van der Waals surface area contributed by atoms with E-state index in [1.54, 1.807) is 12.1 Å². The van der Waals surface area contributed by atoms with E-state index in [-0.39, 0.29) is 17.0 Å². The van der Waals surface area contributed by atoms with E-state index in [2.05, 4.69) is 5.16 Å². The first-order valence-electron chi connectivity index (χ1n) is 4.11. The Hall–Kier alpha value is -2.37. The minimum atomic E-state index is -0.525. The van der Waals surface area contributed by atoms with Crippen LogP contribution in [-0.4, -0.2) is 10.1 Å². The van der Waals surface area contributed by atoms with Crippen molar-refractivity contribution in [2.45, 2.75) is 0 Å². The van der Waals surface area contributed by atoms with Crippen molar-refractivity contribution in [1.82, 2.24) is 5.16 Å². The maximum Gasteiger partial charge on any atom is 0.280 e. The van der Waals surface area contributed by atoms with Gasteiger partial charge in [0, 0.05) is 6.07 Å². The zero-order valence-corrected chi connectivity index (χ0v) is 7.47.